The number of hydrogen-bond acceptors (Lipinski definition) is 3. The minimum absolute atomic E-state index is 0. The fourth-order valence-corrected chi connectivity index (χ4v) is 0. The standard InChI is InChI=1S/3CH2O3.Cr/c3*2-1(3)4;/h3*(H2,2,3,4);. The summed E-state index contributed by atoms with van der Waals surface area (Å²) in [5, 5.41) is 41.8. The summed E-state index contributed by atoms with van der Waals surface area (Å²) in [6.07, 6.45) is -5.50. The van der Waals surface area contributed by atoms with Gasteiger partial charge in [-0.15, -0.1) is 0 Å². The summed E-state index contributed by atoms with van der Waals surface area (Å²) in [6.45, 7) is 0. The second-order valence-corrected chi connectivity index (χ2v) is 0.848. The van der Waals surface area contributed by atoms with Crippen molar-refractivity contribution in [3.05, 3.63) is 0 Å². The fourth-order valence-electron chi connectivity index (χ4n) is 0. The van der Waals surface area contributed by atoms with Crippen molar-refractivity contribution in [3.8, 4) is 0 Å². The molecule has 0 fully saturated rings. The van der Waals surface area contributed by atoms with Gasteiger partial charge in [0.25, 0.3) is 0 Å². The normalized spacial score (nSPS) is 5.54. The van der Waals surface area contributed by atoms with Crippen LogP contribution in [0.3, 0.4) is 0 Å². The summed E-state index contributed by atoms with van der Waals surface area (Å²) in [5.74, 6) is 0. The van der Waals surface area contributed by atoms with Gasteiger partial charge in [-0.25, -0.2) is 14.4 Å². The number of carbonyl (C=O) groups is 3. The van der Waals surface area contributed by atoms with Crippen LogP contribution in [0.2, 0.25) is 0 Å². The van der Waals surface area contributed by atoms with Gasteiger partial charge < -0.3 is 30.6 Å². The third-order valence-corrected chi connectivity index (χ3v) is 0. The zero-order valence-electron chi connectivity index (χ0n) is 5.82. The Morgan fingerprint density at radius 2 is 0.538 bits per heavy atom. The van der Waals surface area contributed by atoms with Gasteiger partial charge in [0.15, 0.2) is 0 Å². The second kappa shape index (κ2) is 16.7. The van der Waals surface area contributed by atoms with Crippen LogP contribution in [-0.2, 0) is 17.4 Å². The molecule has 0 bridgehead atoms. The molecule has 78 valence electrons. The van der Waals surface area contributed by atoms with Gasteiger partial charge in [0.1, 0.15) is 0 Å². The molecule has 0 spiro atoms. The third kappa shape index (κ3) is 262. The van der Waals surface area contributed by atoms with Gasteiger partial charge in [0.05, 0.1) is 0 Å². The van der Waals surface area contributed by atoms with E-state index in [1.807, 2.05) is 0 Å². The van der Waals surface area contributed by atoms with Crippen molar-refractivity contribution in [2.75, 3.05) is 0 Å². The topological polar surface area (TPSA) is 173 Å². The van der Waals surface area contributed by atoms with Crippen molar-refractivity contribution >= 4 is 18.5 Å². The van der Waals surface area contributed by atoms with Gasteiger partial charge in [-0.05, 0) is 0 Å². The van der Waals surface area contributed by atoms with Crippen LogP contribution in [0, 0.1) is 0 Å². The molecular weight excluding hydrogens is 232 g/mol. The van der Waals surface area contributed by atoms with Crippen LogP contribution in [0.15, 0.2) is 0 Å². The van der Waals surface area contributed by atoms with E-state index in [2.05, 4.69) is 0 Å². The quantitative estimate of drug-likeness (QED) is 0.354. The zero-order valence-corrected chi connectivity index (χ0v) is 7.09. The largest absolute Gasteiger partial charge is 0.503 e. The zero-order chi connectivity index (χ0) is 10.7. The molecule has 0 aliphatic carbocycles. The molecule has 0 aliphatic rings. The van der Waals surface area contributed by atoms with Crippen LogP contribution in [0.5, 0.6) is 0 Å². The maximum atomic E-state index is 8.56. The van der Waals surface area contributed by atoms with Crippen molar-refractivity contribution in [3.63, 3.8) is 0 Å². The Morgan fingerprint density at radius 1 is 0.538 bits per heavy atom. The Balaban J connectivity index is -0.0000000450. The molecule has 0 radical (unpaired) electrons. The Hall–Kier alpha value is -1.66. The maximum absolute atomic E-state index is 8.56. The summed E-state index contributed by atoms with van der Waals surface area (Å²) in [6, 6.07) is 0. The van der Waals surface area contributed by atoms with Crippen LogP contribution >= 0.6 is 0 Å². The van der Waals surface area contributed by atoms with Crippen LogP contribution in [-0.4, -0.2) is 49.1 Å². The number of hydrogen-bond donors (Lipinski definition) is 6. The van der Waals surface area contributed by atoms with E-state index in [1.165, 1.54) is 0 Å². The van der Waals surface area contributed by atoms with Crippen molar-refractivity contribution in [1.29, 1.82) is 0 Å². The summed E-state index contributed by atoms with van der Waals surface area (Å²) in [4.78, 5) is 25.7. The molecule has 0 saturated carbocycles. The van der Waals surface area contributed by atoms with E-state index in [0.717, 1.165) is 0 Å². The molecular formula is C3H6CrO9. The first-order chi connectivity index (χ1) is 5.20. The third-order valence-electron chi connectivity index (χ3n) is 0. The van der Waals surface area contributed by atoms with Gasteiger partial charge in [-0.3, -0.25) is 0 Å². The summed E-state index contributed by atoms with van der Waals surface area (Å²) >= 11 is 0. The van der Waals surface area contributed by atoms with Crippen molar-refractivity contribution in [2.24, 2.45) is 0 Å². The molecule has 13 heavy (non-hydrogen) atoms. The molecule has 0 rings (SSSR count). The van der Waals surface area contributed by atoms with Crippen LogP contribution in [0.4, 0.5) is 14.4 Å². The van der Waals surface area contributed by atoms with E-state index in [1.54, 1.807) is 0 Å². The summed E-state index contributed by atoms with van der Waals surface area (Å²) < 4.78 is 0. The van der Waals surface area contributed by atoms with Crippen LogP contribution < -0.4 is 0 Å². The minimum atomic E-state index is -1.83. The van der Waals surface area contributed by atoms with Crippen molar-refractivity contribution in [2.45, 2.75) is 0 Å². The smallest absolute Gasteiger partial charge is 0.450 e. The molecule has 0 heterocycles. The van der Waals surface area contributed by atoms with Gasteiger partial charge in [-0.1, -0.05) is 0 Å². The summed E-state index contributed by atoms with van der Waals surface area (Å²) in [7, 11) is 0. The molecule has 10 heteroatoms. The van der Waals surface area contributed by atoms with E-state index >= 15 is 0 Å². The van der Waals surface area contributed by atoms with Crippen LogP contribution in [0.25, 0.3) is 0 Å². The molecule has 0 aliphatic heterocycles. The summed E-state index contributed by atoms with van der Waals surface area (Å²) in [5.41, 5.74) is 0. The average molecular weight is 238 g/mol. The molecule has 6 N–H and O–H groups in total. The Morgan fingerprint density at radius 3 is 0.538 bits per heavy atom. The predicted molar refractivity (Wildman–Crippen MR) is 32.0 cm³/mol. The minimum Gasteiger partial charge on any atom is -0.450 e. The molecule has 0 unspecified atom stereocenters. The van der Waals surface area contributed by atoms with Crippen LogP contribution in [0.1, 0.15) is 0 Å². The van der Waals surface area contributed by atoms with Gasteiger partial charge in [-0.2, -0.15) is 0 Å². The first-order valence-corrected chi connectivity index (χ1v) is 1.95. The molecule has 0 aromatic carbocycles. The molecule has 0 aromatic heterocycles. The Labute approximate surface area is 81.6 Å². The van der Waals surface area contributed by atoms with Gasteiger partial charge >= 0.3 is 18.5 Å². The fraction of sp³-hybridized carbons (Fsp3) is 0. The van der Waals surface area contributed by atoms with E-state index in [0.29, 0.717) is 0 Å². The van der Waals surface area contributed by atoms with E-state index in [4.69, 9.17) is 45.0 Å². The molecule has 0 saturated heterocycles. The van der Waals surface area contributed by atoms with E-state index < -0.39 is 18.5 Å². The Bertz CT molecular complexity index is 112. The molecule has 0 atom stereocenters. The van der Waals surface area contributed by atoms with E-state index in [9.17, 15) is 0 Å². The van der Waals surface area contributed by atoms with E-state index in [-0.39, 0.29) is 17.4 Å². The number of carboxylic acid groups (broad SMARTS) is 6. The molecule has 0 amide bonds. The van der Waals surface area contributed by atoms with Crippen molar-refractivity contribution in [1.82, 2.24) is 0 Å². The molecule has 0 aromatic rings. The van der Waals surface area contributed by atoms with Gasteiger partial charge in [0, 0.05) is 17.4 Å². The Kier molecular flexibility index (Phi) is 29.0. The molecule has 9 nitrogen and oxygen atoms in total. The average Bonchev–Trinajstić information content (AvgIpc) is 1.54. The second-order valence-electron chi connectivity index (χ2n) is 0.848. The van der Waals surface area contributed by atoms with Gasteiger partial charge in [0.2, 0.25) is 0 Å². The monoisotopic (exact) mass is 238 g/mol. The first-order valence-electron chi connectivity index (χ1n) is 1.95. The predicted octanol–water partition coefficient (Wildman–Crippen LogP) is 0.665. The number of rotatable bonds is 0. The maximum Gasteiger partial charge on any atom is 0.503 e. The first kappa shape index (κ1) is 22.5. The van der Waals surface area contributed by atoms with Crippen molar-refractivity contribution < 1.29 is 62.4 Å². The SMILES string of the molecule is O=C(O)O.O=C(O)O.O=C(O)O.[Cr].